The van der Waals surface area contributed by atoms with Gasteiger partial charge in [0.25, 0.3) is 0 Å². The van der Waals surface area contributed by atoms with Gasteiger partial charge in [0.1, 0.15) is 0 Å². The van der Waals surface area contributed by atoms with E-state index in [0.29, 0.717) is 12.3 Å². The summed E-state index contributed by atoms with van der Waals surface area (Å²) in [5, 5.41) is 0. The molecule has 15 heavy (non-hydrogen) atoms. The van der Waals surface area contributed by atoms with Gasteiger partial charge in [-0.05, 0) is 30.7 Å². The summed E-state index contributed by atoms with van der Waals surface area (Å²) < 4.78 is 1.24. The summed E-state index contributed by atoms with van der Waals surface area (Å²) in [6.07, 6.45) is 2.51. The SMILES string of the molecule is CCCSc1ccc(C(=O)CCCCl)s1. The van der Waals surface area contributed by atoms with Crippen LogP contribution in [0.4, 0.5) is 0 Å². The third kappa shape index (κ3) is 4.58. The Morgan fingerprint density at radius 3 is 3.00 bits per heavy atom. The molecule has 0 radical (unpaired) electrons. The lowest BCUT2D eigenvalue weighted by molar-refractivity contribution is 0.0986. The normalized spacial score (nSPS) is 10.5. The quantitative estimate of drug-likeness (QED) is 0.410. The predicted molar refractivity (Wildman–Crippen MR) is 69.6 cm³/mol. The first kappa shape index (κ1) is 13.1. The highest BCUT2D eigenvalue weighted by Gasteiger charge is 2.08. The van der Waals surface area contributed by atoms with Crippen molar-refractivity contribution in [3.05, 3.63) is 17.0 Å². The Balaban J connectivity index is 2.47. The third-order valence-corrected chi connectivity index (χ3v) is 4.67. The van der Waals surface area contributed by atoms with Gasteiger partial charge < -0.3 is 0 Å². The fraction of sp³-hybridized carbons (Fsp3) is 0.545. The minimum absolute atomic E-state index is 0.226. The largest absolute Gasteiger partial charge is 0.293 e. The lowest BCUT2D eigenvalue weighted by Gasteiger charge is -1.95. The Morgan fingerprint density at radius 1 is 1.53 bits per heavy atom. The zero-order chi connectivity index (χ0) is 11.1. The van der Waals surface area contributed by atoms with Crippen LogP contribution in [0.3, 0.4) is 0 Å². The molecular weight excluding hydrogens is 248 g/mol. The highest BCUT2D eigenvalue weighted by Crippen LogP contribution is 2.28. The van der Waals surface area contributed by atoms with E-state index >= 15 is 0 Å². The summed E-state index contributed by atoms with van der Waals surface area (Å²) in [6, 6.07) is 3.97. The molecule has 0 fully saturated rings. The summed E-state index contributed by atoms with van der Waals surface area (Å²) in [4.78, 5) is 12.5. The first-order chi connectivity index (χ1) is 7.27. The van der Waals surface area contributed by atoms with Crippen molar-refractivity contribution in [3.8, 4) is 0 Å². The van der Waals surface area contributed by atoms with E-state index in [9.17, 15) is 4.79 Å². The molecule has 0 bridgehead atoms. The number of carbonyl (C=O) groups excluding carboxylic acids is 1. The Morgan fingerprint density at radius 2 is 2.33 bits per heavy atom. The molecule has 0 spiro atoms. The Kier molecular flexibility index (Phi) is 6.37. The van der Waals surface area contributed by atoms with Gasteiger partial charge in [-0.2, -0.15) is 0 Å². The van der Waals surface area contributed by atoms with E-state index in [1.807, 2.05) is 23.9 Å². The summed E-state index contributed by atoms with van der Waals surface area (Å²) in [5.74, 6) is 1.91. The topological polar surface area (TPSA) is 17.1 Å². The van der Waals surface area contributed by atoms with Crippen LogP contribution in [0, 0.1) is 0 Å². The van der Waals surface area contributed by atoms with Gasteiger partial charge in [0.05, 0.1) is 9.09 Å². The van der Waals surface area contributed by atoms with Crippen LogP contribution in [0.1, 0.15) is 35.9 Å². The highest BCUT2D eigenvalue weighted by molar-refractivity contribution is 8.01. The van der Waals surface area contributed by atoms with Crippen molar-refractivity contribution in [1.29, 1.82) is 0 Å². The minimum atomic E-state index is 0.226. The third-order valence-electron chi connectivity index (χ3n) is 1.84. The number of thioether (sulfide) groups is 1. The van der Waals surface area contributed by atoms with Crippen molar-refractivity contribution in [2.24, 2.45) is 0 Å². The number of ketones is 1. The van der Waals surface area contributed by atoms with Crippen molar-refractivity contribution >= 4 is 40.5 Å². The number of Topliss-reactive ketones (excluding diaryl/α,β-unsaturated/α-hetero) is 1. The molecule has 1 aromatic rings. The number of rotatable bonds is 7. The molecule has 0 unspecified atom stereocenters. The number of thiophene rings is 1. The molecule has 0 saturated heterocycles. The monoisotopic (exact) mass is 262 g/mol. The maximum absolute atomic E-state index is 11.6. The van der Waals surface area contributed by atoms with Gasteiger partial charge in [-0.1, -0.05) is 6.92 Å². The van der Waals surface area contributed by atoms with E-state index in [2.05, 4.69) is 6.92 Å². The number of alkyl halides is 1. The molecule has 0 aliphatic carbocycles. The molecule has 1 aromatic heterocycles. The second kappa shape index (κ2) is 7.31. The minimum Gasteiger partial charge on any atom is -0.293 e. The first-order valence-corrected chi connectivity index (χ1v) is 7.43. The maximum atomic E-state index is 11.6. The molecule has 0 N–H and O–H groups in total. The highest BCUT2D eigenvalue weighted by atomic mass is 35.5. The molecule has 1 heterocycles. The average molecular weight is 263 g/mol. The van der Waals surface area contributed by atoms with E-state index < -0.39 is 0 Å². The van der Waals surface area contributed by atoms with Crippen molar-refractivity contribution in [2.75, 3.05) is 11.6 Å². The van der Waals surface area contributed by atoms with Crippen LogP contribution in [-0.4, -0.2) is 17.4 Å². The average Bonchev–Trinajstić information content (AvgIpc) is 2.71. The molecule has 0 saturated carbocycles. The van der Waals surface area contributed by atoms with Crippen LogP contribution in [0.25, 0.3) is 0 Å². The van der Waals surface area contributed by atoms with E-state index in [0.717, 1.165) is 23.5 Å². The first-order valence-electron chi connectivity index (χ1n) is 5.09. The summed E-state index contributed by atoms with van der Waals surface area (Å²) in [7, 11) is 0. The maximum Gasteiger partial charge on any atom is 0.172 e. The molecule has 0 aliphatic rings. The molecular formula is C11H15ClOS2. The van der Waals surface area contributed by atoms with Gasteiger partial charge >= 0.3 is 0 Å². The van der Waals surface area contributed by atoms with Gasteiger partial charge in [-0.25, -0.2) is 0 Å². The lowest BCUT2D eigenvalue weighted by atomic mass is 10.2. The van der Waals surface area contributed by atoms with Gasteiger partial charge in [-0.15, -0.1) is 34.7 Å². The van der Waals surface area contributed by atoms with Gasteiger partial charge in [0.2, 0.25) is 0 Å². The number of hydrogen-bond acceptors (Lipinski definition) is 3. The zero-order valence-corrected chi connectivity index (χ0v) is 11.2. The molecule has 84 valence electrons. The van der Waals surface area contributed by atoms with E-state index in [4.69, 9.17) is 11.6 Å². The fourth-order valence-electron chi connectivity index (χ4n) is 1.10. The molecule has 1 nitrogen and oxygen atoms in total. The molecule has 0 amide bonds. The molecule has 0 atom stereocenters. The van der Waals surface area contributed by atoms with Crippen LogP contribution >= 0.6 is 34.7 Å². The Labute approximate surface area is 104 Å². The molecule has 0 aliphatic heterocycles. The summed E-state index contributed by atoms with van der Waals surface area (Å²) in [5.41, 5.74) is 0. The van der Waals surface area contributed by atoms with Crippen molar-refractivity contribution in [3.63, 3.8) is 0 Å². The van der Waals surface area contributed by atoms with Crippen LogP contribution in [0.15, 0.2) is 16.3 Å². The van der Waals surface area contributed by atoms with Crippen LogP contribution in [0.5, 0.6) is 0 Å². The lowest BCUT2D eigenvalue weighted by Crippen LogP contribution is -1.95. The van der Waals surface area contributed by atoms with Gasteiger partial charge in [0.15, 0.2) is 5.78 Å². The number of halogens is 1. The molecule has 1 rings (SSSR count). The van der Waals surface area contributed by atoms with Crippen LogP contribution in [0.2, 0.25) is 0 Å². The molecule has 4 heteroatoms. The van der Waals surface area contributed by atoms with E-state index in [1.165, 1.54) is 4.21 Å². The number of hydrogen-bond donors (Lipinski definition) is 0. The van der Waals surface area contributed by atoms with Crippen molar-refractivity contribution in [2.45, 2.75) is 30.4 Å². The van der Waals surface area contributed by atoms with Gasteiger partial charge in [-0.3, -0.25) is 4.79 Å². The smallest absolute Gasteiger partial charge is 0.172 e. The van der Waals surface area contributed by atoms with Gasteiger partial charge in [0, 0.05) is 12.3 Å². The van der Waals surface area contributed by atoms with E-state index in [-0.39, 0.29) is 5.78 Å². The standard InChI is InChI=1S/C11H15ClOS2/c1-2-8-14-11-6-5-10(15-11)9(13)4-3-7-12/h5-6H,2-4,7-8H2,1H3. The summed E-state index contributed by atoms with van der Waals surface area (Å²) >= 11 is 8.98. The Bertz CT molecular complexity index is 309. The van der Waals surface area contributed by atoms with Crippen LogP contribution in [-0.2, 0) is 0 Å². The predicted octanol–water partition coefficient (Wildman–Crippen LogP) is 4.45. The van der Waals surface area contributed by atoms with E-state index in [1.54, 1.807) is 11.3 Å². The van der Waals surface area contributed by atoms with Crippen molar-refractivity contribution in [1.82, 2.24) is 0 Å². The van der Waals surface area contributed by atoms with Crippen molar-refractivity contribution < 1.29 is 4.79 Å². The molecule has 0 aromatic carbocycles. The zero-order valence-electron chi connectivity index (χ0n) is 8.79. The second-order valence-electron chi connectivity index (χ2n) is 3.18. The number of carbonyl (C=O) groups is 1. The fourth-order valence-corrected chi connectivity index (χ4v) is 3.26. The van der Waals surface area contributed by atoms with Crippen LogP contribution < -0.4 is 0 Å². The summed E-state index contributed by atoms with van der Waals surface area (Å²) in [6.45, 7) is 2.16. The Hall–Kier alpha value is 0.01000. The second-order valence-corrected chi connectivity index (χ2v) is 6.04.